The normalized spacial score (nSPS) is 20.6. The van der Waals surface area contributed by atoms with Crippen molar-refractivity contribution in [2.24, 2.45) is 17.3 Å². The molecule has 0 saturated carbocycles. The monoisotopic (exact) mass is 1020 g/mol. The van der Waals surface area contributed by atoms with Gasteiger partial charge in [0.15, 0.2) is 11.7 Å². The van der Waals surface area contributed by atoms with E-state index in [0.717, 1.165) is 0 Å². The summed E-state index contributed by atoms with van der Waals surface area (Å²) >= 11 is 0. The fraction of sp³-hybridized carbons (Fsp3) is 0.566. The molecule has 0 spiro atoms. The van der Waals surface area contributed by atoms with E-state index in [4.69, 9.17) is 13.9 Å². The summed E-state index contributed by atoms with van der Waals surface area (Å²) in [7, 11) is 6.78. The highest BCUT2D eigenvalue weighted by atomic mass is 19.4. The molecule has 0 radical (unpaired) electrons. The van der Waals surface area contributed by atoms with E-state index in [1.807, 2.05) is 46.7 Å². The summed E-state index contributed by atoms with van der Waals surface area (Å²) in [4.78, 5) is 84.2. The largest absolute Gasteiger partial charge is 0.464 e. The predicted octanol–water partition coefficient (Wildman–Crippen LogP) is 5.95. The van der Waals surface area contributed by atoms with Crippen molar-refractivity contribution in [3.63, 3.8) is 0 Å². The Hall–Kier alpha value is -6.30. The molecule has 5 atom stereocenters. The van der Waals surface area contributed by atoms with Crippen LogP contribution in [-0.4, -0.2) is 148 Å². The Morgan fingerprint density at radius 1 is 1.05 bits per heavy atom. The topological polar surface area (TPSA) is 185 Å². The van der Waals surface area contributed by atoms with Crippen molar-refractivity contribution in [2.45, 2.75) is 123 Å². The van der Waals surface area contributed by atoms with Gasteiger partial charge in [-0.05, 0) is 108 Å². The molecule has 4 amide bonds. The zero-order valence-electron chi connectivity index (χ0n) is 43.6. The fourth-order valence-corrected chi connectivity index (χ4v) is 9.73. The van der Waals surface area contributed by atoms with Gasteiger partial charge in [0, 0.05) is 67.4 Å². The third-order valence-electron chi connectivity index (χ3n) is 14.2. The first-order valence-electron chi connectivity index (χ1n) is 24.7. The minimum Gasteiger partial charge on any atom is -0.464 e. The minimum absolute atomic E-state index is 0.0615. The first-order valence-corrected chi connectivity index (χ1v) is 24.7. The number of aromatic nitrogens is 3. The zero-order chi connectivity index (χ0) is 53.3. The number of esters is 1. The number of hydrogen-bond acceptors (Lipinski definition) is 12. The van der Waals surface area contributed by atoms with Crippen LogP contribution in [0.2, 0.25) is 0 Å². The van der Waals surface area contributed by atoms with Crippen LogP contribution in [0.15, 0.2) is 47.1 Å². The van der Waals surface area contributed by atoms with Gasteiger partial charge in [-0.1, -0.05) is 33.6 Å². The second kappa shape index (κ2) is 21.7. The van der Waals surface area contributed by atoms with Crippen LogP contribution in [0.5, 0.6) is 0 Å². The fourth-order valence-electron chi connectivity index (χ4n) is 9.73. The number of benzene rings is 1. The van der Waals surface area contributed by atoms with E-state index in [0.29, 0.717) is 64.8 Å². The van der Waals surface area contributed by atoms with Crippen LogP contribution in [-0.2, 0) is 52.8 Å². The highest BCUT2D eigenvalue weighted by Gasteiger charge is 2.41. The molecule has 3 aliphatic rings. The molecular weight excluding hydrogens is 948 g/mol. The van der Waals surface area contributed by atoms with Gasteiger partial charge in [-0.25, -0.2) is 10.4 Å². The van der Waals surface area contributed by atoms with E-state index in [9.17, 15) is 37.1 Å². The number of nitrogens with one attached hydrogen (secondary N) is 2. The highest BCUT2D eigenvalue weighted by Crippen LogP contribution is 2.43. The number of halogens is 3. The molecule has 73 heavy (non-hydrogen) atoms. The SMILES string of the molecule is CO[C@@H](C)c1ncccc1-c1c2c3cc(ccc3n1CC(F)(F)F)-c1cnc(o1)C[C@H](NC(=O)C(C(C)C)N(C)C(=O)[C@H]1CCN(C(=O)C#CC(C)(C)N(C)C)C1)C(=O)N1CCC[C@H](N1)C(=O)OCC(C)(C)C2. The van der Waals surface area contributed by atoms with Gasteiger partial charge in [0.2, 0.25) is 11.8 Å². The number of ether oxygens (including phenoxy) is 2. The molecule has 2 fully saturated rings. The molecule has 394 valence electrons. The maximum absolute atomic E-state index is 14.7. The number of fused-ring (bicyclic) bond motifs is 6. The van der Waals surface area contributed by atoms with Crippen LogP contribution in [0.25, 0.3) is 33.5 Å². The Morgan fingerprint density at radius 2 is 1.79 bits per heavy atom. The van der Waals surface area contributed by atoms with E-state index < -0.39 is 77.5 Å². The summed E-state index contributed by atoms with van der Waals surface area (Å²) in [5.74, 6) is 2.46. The summed E-state index contributed by atoms with van der Waals surface area (Å²) in [6.45, 7) is 12.1. The van der Waals surface area contributed by atoms with Crippen molar-refractivity contribution in [1.82, 2.24) is 45.0 Å². The van der Waals surface area contributed by atoms with Crippen LogP contribution < -0.4 is 10.7 Å². The molecule has 0 aliphatic carbocycles. The number of oxazole rings is 1. The second-order valence-electron chi connectivity index (χ2n) is 21.3. The lowest BCUT2D eigenvalue weighted by Crippen LogP contribution is -2.62. The first kappa shape index (κ1) is 54.5. The van der Waals surface area contributed by atoms with Crippen molar-refractivity contribution in [2.75, 3.05) is 54.5 Å². The Morgan fingerprint density at radius 3 is 2.48 bits per heavy atom. The molecule has 1 unspecified atom stereocenters. The van der Waals surface area contributed by atoms with Gasteiger partial charge in [0.05, 0.1) is 48.2 Å². The molecule has 2 N–H and O–H groups in total. The number of carbonyl (C=O) groups is 5. The molecule has 7 rings (SSSR count). The number of carbonyl (C=O) groups excluding carboxylic acids is 5. The maximum Gasteiger partial charge on any atom is 0.406 e. The van der Waals surface area contributed by atoms with Gasteiger partial charge in [-0.15, -0.1) is 0 Å². The van der Waals surface area contributed by atoms with Gasteiger partial charge in [-0.3, -0.25) is 38.9 Å². The molecule has 3 aliphatic heterocycles. The smallest absolute Gasteiger partial charge is 0.406 e. The zero-order valence-corrected chi connectivity index (χ0v) is 43.6. The van der Waals surface area contributed by atoms with E-state index in [-0.39, 0.29) is 56.0 Å². The average Bonchev–Trinajstić information content (AvgIpc) is 4.09. The number of pyridine rings is 1. The number of hydrogen-bond donors (Lipinski definition) is 2. The Bertz CT molecular complexity index is 2790. The van der Waals surface area contributed by atoms with Crippen molar-refractivity contribution in [1.29, 1.82) is 0 Å². The first-order chi connectivity index (χ1) is 34.3. The summed E-state index contributed by atoms with van der Waals surface area (Å²) in [5, 5.41) is 4.67. The maximum atomic E-state index is 14.7. The number of hydrazine groups is 1. The molecule has 3 aromatic heterocycles. The molecule has 17 nitrogen and oxygen atoms in total. The lowest BCUT2D eigenvalue weighted by atomic mass is 9.84. The number of rotatable bonds is 10. The number of nitrogens with zero attached hydrogens (tertiary/aromatic N) is 7. The van der Waals surface area contributed by atoms with E-state index >= 15 is 0 Å². The number of methoxy groups -OCH3 is 1. The molecule has 20 heteroatoms. The summed E-state index contributed by atoms with van der Waals surface area (Å²) in [6.07, 6.45) is -1.13. The van der Waals surface area contributed by atoms with Crippen molar-refractivity contribution in [3.8, 4) is 34.4 Å². The van der Waals surface area contributed by atoms with Crippen molar-refractivity contribution in [3.05, 3.63) is 59.9 Å². The standard InChI is InChI=1S/C53H68F3N9O8/c1-31(2)45(62(10)48(68)34-19-23-63(28-34)43(66)18-20-52(6,7)61(8)9)47(67)59-39-25-42-58-27-41(73-42)33-16-17-40-36(24-33)37(26-51(4,5)30-72-50(70)38-15-13-22-65(60-38)49(39)69)46(64(40)29-53(54,55)56)35-14-12-21-57-44(35)32(3)71-11/h12,14,16-17,21,24,27,31-32,34,38-39,45,60H,13,15,19,22-23,25-26,28-30H2,1-11H3,(H,59,67)/t32-,34-,38-,39-,45?/m0/s1. The number of amides is 4. The Labute approximate surface area is 424 Å². The molecule has 2 saturated heterocycles. The number of likely N-dealkylation sites (N-methyl/N-ethyl adjacent to an activating group) is 1. The van der Waals surface area contributed by atoms with Crippen LogP contribution >= 0.6 is 0 Å². The van der Waals surface area contributed by atoms with Crippen LogP contribution in [0.3, 0.4) is 0 Å². The molecular formula is C53H68F3N9O8. The highest BCUT2D eigenvalue weighted by molar-refractivity contribution is 5.97. The third-order valence-corrected chi connectivity index (χ3v) is 14.2. The predicted molar refractivity (Wildman–Crippen MR) is 266 cm³/mol. The minimum atomic E-state index is -4.62. The molecule has 4 aromatic rings. The summed E-state index contributed by atoms with van der Waals surface area (Å²) in [5.41, 5.74) is 4.16. The molecule has 6 bridgehead atoms. The Balaban J connectivity index is 1.24. The summed E-state index contributed by atoms with van der Waals surface area (Å²) in [6, 6.07) is 5.07. The molecule has 6 heterocycles. The number of cyclic esters (lactones) is 1. The van der Waals surface area contributed by atoms with Gasteiger partial charge in [-0.2, -0.15) is 13.2 Å². The van der Waals surface area contributed by atoms with E-state index in [1.165, 1.54) is 34.8 Å². The third kappa shape index (κ3) is 12.2. The van der Waals surface area contributed by atoms with Gasteiger partial charge in [0.1, 0.15) is 24.7 Å². The van der Waals surface area contributed by atoms with Crippen LogP contribution in [0.1, 0.15) is 91.0 Å². The lowest BCUT2D eigenvalue weighted by molar-refractivity contribution is -0.155. The molecule has 1 aromatic carbocycles. The Kier molecular flexibility index (Phi) is 16.2. The summed E-state index contributed by atoms with van der Waals surface area (Å²) < 4.78 is 63.2. The quantitative estimate of drug-likeness (QED) is 0.141. The van der Waals surface area contributed by atoms with E-state index in [2.05, 4.69) is 32.6 Å². The van der Waals surface area contributed by atoms with Gasteiger partial charge >= 0.3 is 12.1 Å². The average molecular weight is 1020 g/mol. The van der Waals surface area contributed by atoms with Gasteiger partial charge in [0.25, 0.3) is 11.8 Å². The number of likely N-dealkylation sites (tertiary alicyclic amines) is 1. The van der Waals surface area contributed by atoms with Crippen molar-refractivity contribution >= 4 is 40.5 Å². The van der Waals surface area contributed by atoms with Crippen LogP contribution in [0, 0.1) is 29.1 Å². The second-order valence-corrected chi connectivity index (χ2v) is 21.3. The lowest BCUT2D eigenvalue weighted by Gasteiger charge is -2.36. The van der Waals surface area contributed by atoms with Crippen LogP contribution in [0.4, 0.5) is 13.2 Å². The number of alkyl halides is 3. The van der Waals surface area contributed by atoms with E-state index in [1.54, 1.807) is 62.2 Å². The van der Waals surface area contributed by atoms with Gasteiger partial charge < -0.3 is 33.6 Å². The van der Waals surface area contributed by atoms with Crippen molar-refractivity contribution < 1.29 is 51.0 Å².